The highest BCUT2D eigenvalue weighted by Gasteiger charge is 2.08. The third-order valence-corrected chi connectivity index (χ3v) is 4.57. The monoisotopic (exact) mass is 456 g/mol. The van der Waals surface area contributed by atoms with Crippen molar-refractivity contribution < 1.29 is 9.53 Å². The van der Waals surface area contributed by atoms with E-state index in [4.69, 9.17) is 4.74 Å². The Kier molecular flexibility index (Phi) is 13.0. The predicted molar refractivity (Wildman–Crippen MR) is 135 cm³/mol. The maximum absolute atomic E-state index is 11.4. The fourth-order valence-electron chi connectivity index (χ4n) is 2.53. The maximum atomic E-state index is 11.4. The molecule has 0 amide bonds. The van der Waals surface area contributed by atoms with Crippen LogP contribution >= 0.6 is 11.9 Å². The summed E-state index contributed by atoms with van der Waals surface area (Å²) >= 11 is 1.40. The molecule has 0 saturated heterocycles. The van der Waals surface area contributed by atoms with Crippen molar-refractivity contribution in [3.8, 4) is 0 Å². The number of aryl methyl sites for hydroxylation is 1. The molecule has 6 nitrogen and oxygen atoms in total. The van der Waals surface area contributed by atoms with E-state index in [2.05, 4.69) is 58.7 Å². The van der Waals surface area contributed by atoms with Gasteiger partial charge >= 0.3 is 5.97 Å². The topological polar surface area (TPSA) is 69.0 Å². The number of pyridine rings is 1. The number of ether oxygens (including phenoxy) is 1. The van der Waals surface area contributed by atoms with Crippen molar-refractivity contribution in [3.63, 3.8) is 0 Å². The Morgan fingerprint density at radius 3 is 2.50 bits per heavy atom. The molecule has 0 radical (unpaired) electrons. The molecular formula is C25H36N4O2S. The van der Waals surface area contributed by atoms with Crippen molar-refractivity contribution in [1.29, 1.82) is 0 Å². The average Bonchev–Trinajstić information content (AvgIpc) is 3.09. The second-order valence-corrected chi connectivity index (χ2v) is 8.34. The third kappa shape index (κ3) is 9.66. The van der Waals surface area contributed by atoms with Gasteiger partial charge in [0.15, 0.2) is 0 Å². The zero-order chi connectivity index (χ0) is 23.9. The largest absolute Gasteiger partial charge is 0.460 e. The van der Waals surface area contributed by atoms with Crippen LogP contribution in [-0.4, -0.2) is 33.7 Å². The summed E-state index contributed by atoms with van der Waals surface area (Å²) in [6.07, 6.45) is 5.11. The number of imidazole rings is 1. The van der Waals surface area contributed by atoms with Gasteiger partial charge in [-0.05, 0) is 48.6 Å². The number of rotatable bonds is 8. The first-order valence-corrected chi connectivity index (χ1v) is 11.7. The van der Waals surface area contributed by atoms with Crippen LogP contribution in [0.4, 0.5) is 0 Å². The highest BCUT2D eigenvalue weighted by molar-refractivity contribution is 7.97. The van der Waals surface area contributed by atoms with E-state index in [0.29, 0.717) is 0 Å². The number of hydrogen-bond acceptors (Lipinski definition) is 6. The Balaban J connectivity index is 0.000000769. The van der Waals surface area contributed by atoms with E-state index in [1.54, 1.807) is 18.5 Å². The molecule has 0 spiro atoms. The van der Waals surface area contributed by atoms with Crippen LogP contribution < -0.4 is 4.72 Å². The summed E-state index contributed by atoms with van der Waals surface area (Å²) in [5.74, 6) is 1.50. The minimum atomic E-state index is -0.300. The first-order valence-electron chi connectivity index (χ1n) is 10.9. The van der Waals surface area contributed by atoms with E-state index < -0.39 is 0 Å². The van der Waals surface area contributed by atoms with Gasteiger partial charge in [-0.15, -0.1) is 0 Å². The van der Waals surface area contributed by atoms with Gasteiger partial charge in [-0.3, -0.25) is 9.78 Å². The summed E-state index contributed by atoms with van der Waals surface area (Å²) < 4.78 is 10.1. The summed E-state index contributed by atoms with van der Waals surface area (Å²) in [5, 5.41) is 0. The standard InChI is InChI=1S/C19H20N4O2S.C4H10.C2H6/c1-3-10-25-19(24)12-21-26-16-6-4-15(5-7-16)13-23-14(2)22-17-11-20-9-8-18(17)23;1-4(2)3;1-2/h3-9,11,21H,1,10,12-13H2,2H3;4H,1-3H3;1-2H3. The molecule has 0 fully saturated rings. The maximum Gasteiger partial charge on any atom is 0.321 e. The molecule has 3 rings (SSSR count). The van der Waals surface area contributed by atoms with Crippen molar-refractivity contribution in [2.24, 2.45) is 5.92 Å². The van der Waals surface area contributed by atoms with Crippen LogP contribution in [0, 0.1) is 12.8 Å². The zero-order valence-electron chi connectivity index (χ0n) is 20.1. The Bertz CT molecular complexity index is 949. The lowest BCUT2D eigenvalue weighted by Gasteiger charge is -2.08. The lowest BCUT2D eigenvalue weighted by Crippen LogP contribution is -2.19. The number of benzene rings is 1. The predicted octanol–water partition coefficient (Wildman–Crippen LogP) is 5.80. The molecule has 2 heterocycles. The normalized spacial score (nSPS) is 10.1. The van der Waals surface area contributed by atoms with E-state index in [9.17, 15) is 4.79 Å². The van der Waals surface area contributed by atoms with E-state index >= 15 is 0 Å². The minimum Gasteiger partial charge on any atom is -0.460 e. The van der Waals surface area contributed by atoms with E-state index in [1.807, 2.05) is 39.0 Å². The van der Waals surface area contributed by atoms with Gasteiger partial charge in [0, 0.05) is 17.6 Å². The quantitative estimate of drug-likeness (QED) is 0.262. The molecule has 7 heteroatoms. The van der Waals surface area contributed by atoms with E-state index in [-0.39, 0.29) is 19.1 Å². The van der Waals surface area contributed by atoms with Crippen molar-refractivity contribution in [2.45, 2.75) is 53.0 Å². The minimum absolute atomic E-state index is 0.147. The summed E-state index contributed by atoms with van der Waals surface area (Å²) in [6, 6.07) is 10.2. The summed E-state index contributed by atoms with van der Waals surface area (Å²) in [6.45, 7) is 17.1. The van der Waals surface area contributed by atoms with Crippen molar-refractivity contribution >= 4 is 29.0 Å². The number of carbonyl (C=O) groups is 1. The van der Waals surface area contributed by atoms with Gasteiger partial charge in [0.2, 0.25) is 0 Å². The molecule has 32 heavy (non-hydrogen) atoms. The second kappa shape index (κ2) is 15.2. The fourth-order valence-corrected chi connectivity index (χ4v) is 3.16. The molecule has 0 aliphatic carbocycles. The van der Waals surface area contributed by atoms with Crippen molar-refractivity contribution in [3.05, 3.63) is 66.8 Å². The second-order valence-electron chi connectivity index (χ2n) is 7.38. The van der Waals surface area contributed by atoms with Gasteiger partial charge < -0.3 is 9.30 Å². The number of carbonyl (C=O) groups excluding carboxylic acids is 1. The highest BCUT2D eigenvalue weighted by Crippen LogP contribution is 2.19. The molecule has 174 valence electrons. The van der Waals surface area contributed by atoms with Crippen LogP contribution in [-0.2, 0) is 16.1 Å². The molecule has 1 aromatic carbocycles. The van der Waals surface area contributed by atoms with Crippen LogP contribution in [0.2, 0.25) is 0 Å². The smallest absolute Gasteiger partial charge is 0.321 e. The first-order chi connectivity index (χ1) is 15.4. The molecule has 0 aliphatic heterocycles. The van der Waals surface area contributed by atoms with Crippen molar-refractivity contribution in [2.75, 3.05) is 13.2 Å². The SMILES string of the molecule is C=CCOC(=O)CNSc1ccc(Cn2c(C)nc3cnccc32)cc1.CC.CC(C)C. The third-order valence-electron chi connectivity index (χ3n) is 3.77. The Morgan fingerprint density at radius 1 is 1.22 bits per heavy atom. The molecule has 0 saturated carbocycles. The van der Waals surface area contributed by atoms with Gasteiger partial charge in [0.25, 0.3) is 0 Å². The Hall–Kier alpha value is -2.64. The van der Waals surface area contributed by atoms with Gasteiger partial charge in [-0.1, -0.05) is 59.4 Å². The number of nitrogens with one attached hydrogen (secondary N) is 1. The Labute approximate surface area is 196 Å². The molecule has 0 unspecified atom stereocenters. The van der Waals surface area contributed by atoms with Gasteiger partial charge in [0.05, 0.1) is 11.7 Å². The molecular weight excluding hydrogens is 420 g/mol. The molecule has 3 aromatic rings. The summed E-state index contributed by atoms with van der Waals surface area (Å²) in [4.78, 5) is 21.1. The van der Waals surface area contributed by atoms with Crippen LogP contribution in [0.25, 0.3) is 11.0 Å². The average molecular weight is 457 g/mol. The summed E-state index contributed by atoms with van der Waals surface area (Å²) in [7, 11) is 0. The zero-order valence-corrected chi connectivity index (χ0v) is 20.9. The Morgan fingerprint density at radius 2 is 1.88 bits per heavy atom. The highest BCUT2D eigenvalue weighted by atomic mass is 32.2. The van der Waals surface area contributed by atoms with Gasteiger partial charge in [-0.2, -0.15) is 0 Å². The van der Waals surface area contributed by atoms with Gasteiger partial charge in [-0.25, -0.2) is 9.71 Å². The molecule has 0 aliphatic rings. The number of hydrogen-bond donors (Lipinski definition) is 1. The van der Waals surface area contributed by atoms with E-state index in [0.717, 1.165) is 34.2 Å². The van der Waals surface area contributed by atoms with Crippen LogP contribution in [0.15, 0.2) is 60.3 Å². The van der Waals surface area contributed by atoms with Crippen molar-refractivity contribution in [1.82, 2.24) is 19.3 Å². The number of aromatic nitrogens is 3. The lowest BCUT2D eigenvalue weighted by molar-refractivity contribution is -0.140. The van der Waals surface area contributed by atoms with Crippen LogP contribution in [0.3, 0.4) is 0 Å². The van der Waals surface area contributed by atoms with Crippen LogP contribution in [0.5, 0.6) is 0 Å². The summed E-state index contributed by atoms with van der Waals surface area (Å²) in [5.41, 5.74) is 3.17. The lowest BCUT2D eigenvalue weighted by atomic mass is 10.2. The number of esters is 1. The number of fused-ring (bicyclic) bond motifs is 1. The van der Waals surface area contributed by atoms with E-state index in [1.165, 1.54) is 17.5 Å². The van der Waals surface area contributed by atoms with Crippen LogP contribution in [0.1, 0.15) is 46.0 Å². The molecule has 1 N–H and O–H groups in total. The molecule has 0 bridgehead atoms. The fraction of sp³-hybridized carbons (Fsp3) is 0.400. The first kappa shape index (κ1) is 27.4. The molecule has 0 atom stereocenters. The van der Waals surface area contributed by atoms with Gasteiger partial charge in [0.1, 0.15) is 24.5 Å². The molecule has 2 aromatic heterocycles. The number of nitrogens with zero attached hydrogens (tertiary/aromatic N) is 3.